The van der Waals surface area contributed by atoms with Crippen LogP contribution < -0.4 is 14.8 Å². The SMILES string of the molecule is CCCCOc1nc(NCCN2CCOCC2)c2ncn(Cc3cc(F)cc4c3OCOC4)c2n1. The summed E-state index contributed by atoms with van der Waals surface area (Å²) in [5.41, 5.74) is 2.66. The van der Waals surface area contributed by atoms with Gasteiger partial charge in [-0.2, -0.15) is 9.97 Å². The predicted molar refractivity (Wildman–Crippen MR) is 127 cm³/mol. The van der Waals surface area contributed by atoms with Crippen LogP contribution in [0.1, 0.15) is 30.9 Å². The Kier molecular flexibility index (Phi) is 7.55. The zero-order valence-corrected chi connectivity index (χ0v) is 20.0. The number of halogens is 1. The minimum Gasteiger partial charge on any atom is -0.467 e. The summed E-state index contributed by atoms with van der Waals surface area (Å²) in [4.78, 5) is 16.2. The van der Waals surface area contributed by atoms with Crippen LogP contribution in [0.3, 0.4) is 0 Å². The molecular formula is C24H31FN6O4. The Morgan fingerprint density at radius 3 is 2.91 bits per heavy atom. The van der Waals surface area contributed by atoms with Gasteiger partial charge < -0.3 is 28.8 Å². The van der Waals surface area contributed by atoms with Crippen LogP contribution in [0.15, 0.2) is 18.5 Å². The average molecular weight is 487 g/mol. The van der Waals surface area contributed by atoms with Gasteiger partial charge in [-0.15, -0.1) is 0 Å². The summed E-state index contributed by atoms with van der Waals surface area (Å²) in [5.74, 6) is 0.942. The largest absolute Gasteiger partial charge is 0.467 e. The van der Waals surface area contributed by atoms with E-state index in [1.165, 1.54) is 12.1 Å². The second-order valence-electron chi connectivity index (χ2n) is 8.65. The molecule has 2 aliphatic rings. The summed E-state index contributed by atoms with van der Waals surface area (Å²) in [6.45, 7) is 8.39. The number of imidazole rings is 1. The number of ether oxygens (including phenoxy) is 4. The van der Waals surface area contributed by atoms with Gasteiger partial charge in [-0.3, -0.25) is 4.90 Å². The Hall–Kier alpha value is -3.02. The summed E-state index contributed by atoms with van der Waals surface area (Å²) >= 11 is 0. The van der Waals surface area contributed by atoms with E-state index in [1.807, 2.05) is 4.57 Å². The maximum absolute atomic E-state index is 14.3. The molecule has 1 fully saturated rings. The molecule has 0 radical (unpaired) electrons. The lowest BCUT2D eigenvalue weighted by atomic mass is 10.1. The van der Waals surface area contributed by atoms with Gasteiger partial charge in [0.2, 0.25) is 0 Å². The van der Waals surface area contributed by atoms with Crippen LogP contribution in [0.4, 0.5) is 10.2 Å². The molecule has 0 aliphatic carbocycles. The molecule has 3 aromatic rings. The number of nitrogens with zero attached hydrogens (tertiary/aromatic N) is 5. The van der Waals surface area contributed by atoms with Crippen molar-refractivity contribution in [3.8, 4) is 11.8 Å². The molecule has 0 bridgehead atoms. The van der Waals surface area contributed by atoms with Gasteiger partial charge in [0.05, 0.1) is 39.3 Å². The molecule has 11 heteroatoms. The fourth-order valence-corrected chi connectivity index (χ4v) is 4.25. The van der Waals surface area contributed by atoms with Crippen molar-refractivity contribution < 1.29 is 23.3 Å². The number of benzene rings is 1. The Morgan fingerprint density at radius 2 is 2.06 bits per heavy atom. The molecule has 0 atom stereocenters. The molecule has 1 aromatic carbocycles. The number of nitrogens with one attached hydrogen (secondary N) is 1. The molecule has 188 valence electrons. The van der Waals surface area contributed by atoms with Crippen LogP contribution in [-0.4, -0.2) is 77.2 Å². The number of morpholine rings is 1. The van der Waals surface area contributed by atoms with Crippen LogP contribution >= 0.6 is 0 Å². The first-order valence-electron chi connectivity index (χ1n) is 12.1. The number of hydrogen-bond acceptors (Lipinski definition) is 9. The van der Waals surface area contributed by atoms with Crippen LogP contribution in [0.25, 0.3) is 11.2 Å². The van der Waals surface area contributed by atoms with E-state index >= 15 is 0 Å². The quantitative estimate of drug-likeness (QED) is 0.434. The van der Waals surface area contributed by atoms with Gasteiger partial charge in [0.15, 0.2) is 23.8 Å². The van der Waals surface area contributed by atoms with Crippen molar-refractivity contribution in [2.45, 2.75) is 32.9 Å². The highest BCUT2D eigenvalue weighted by molar-refractivity contribution is 5.83. The van der Waals surface area contributed by atoms with Crippen molar-refractivity contribution in [2.24, 2.45) is 0 Å². The number of hydrogen-bond donors (Lipinski definition) is 1. The third-order valence-electron chi connectivity index (χ3n) is 6.09. The first kappa shape index (κ1) is 23.7. The van der Waals surface area contributed by atoms with Crippen molar-refractivity contribution in [1.29, 1.82) is 0 Å². The molecule has 35 heavy (non-hydrogen) atoms. The van der Waals surface area contributed by atoms with Crippen molar-refractivity contribution >= 4 is 17.0 Å². The third kappa shape index (κ3) is 5.63. The first-order valence-corrected chi connectivity index (χ1v) is 12.1. The number of fused-ring (bicyclic) bond motifs is 2. The lowest BCUT2D eigenvalue weighted by Crippen LogP contribution is -2.39. The number of rotatable bonds is 10. The summed E-state index contributed by atoms with van der Waals surface area (Å²) in [7, 11) is 0. The van der Waals surface area contributed by atoms with Gasteiger partial charge in [0.25, 0.3) is 0 Å². The van der Waals surface area contributed by atoms with Crippen LogP contribution in [-0.2, 0) is 22.6 Å². The first-order chi connectivity index (χ1) is 17.2. The predicted octanol–water partition coefficient (Wildman–Crippen LogP) is 2.80. The van der Waals surface area contributed by atoms with Crippen molar-refractivity contribution in [3.63, 3.8) is 0 Å². The van der Waals surface area contributed by atoms with Gasteiger partial charge in [-0.1, -0.05) is 13.3 Å². The standard InChI is InChI=1S/C24H31FN6O4/c1-2-3-8-34-24-28-22(26-4-5-30-6-9-32-10-7-30)20-23(29-24)31(15-27-20)13-17-11-19(25)12-18-14-33-16-35-21(17)18/h11-12,15H,2-10,13-14,16H2,1H3,(H,26,28,29). The second-order valence-corrected chi connectivity index (χ2v) is 8.65. The van der Waals surface area contributed by atoms with Crippen molar-refractivity contribution in [1.82, 2.24) is 24.4 Å². The van der Waals surface area contributed by atoms with Crippen molar-refractivity contribution in [3.05, 3.63) is 35.4 Å². The Morgan fingerprint density at radius 1 is 1.17 bits per heavy atom. The highest BCUT2D eigenvalue weighted by Gasteiger charge is 2.20. The molecule has 0 spiro atoms. The monoisotopic (exact) mass is 486 g/mol. The van der Waals surface area contributed by atoms with Crippen LogP contribution in [0.2, 0.25) is 0 Å². The van der Waals surface area contributed by atoms with Gasteiger partial charge in [0.1, 0.15) is 11.6 Å². The van der Waals surface area contributed by atoms with E-state index in [-0.39, 0.29) is 12.6 Å². The van der Waals surface area contributed by atoms with Gasteiger partial charge in [-0.25, -0.2) is 9.37 Å². The fourth-order valence-electron chi connectivity index (χ4n) is 4.25. The van der Waals surface area contributed by atoms with E-state index in [2.05, 4.69) is 32.1 Å². The average Bonchev–Trinajstić information content (AvgIpc) is 3.27. The maximum atomic E-state index is 14.3. The maximum Gasteiger partial charge on any atom is 0.320 e. The number of unbranched alkanes of at least 4 members (excludes halogenated alkanes) is 1. The summed E-state index contributed by atoms with van der Waals surface area (Å²) in [6.07, 6.45) is 3.62. The van der Waals surface area contributed by atoms with E-state index in [0.717, 1.165) is 45.7 Å². The molecule has 1 saturated heterocycles. The molecule has 1 N–H and O–H groups in total. The van der Waals surface area contributed by atoms with Crippen LogP contribution in [0.5, 0.6) is 11.8 Å². The van der Waals surface area contributed by atoms with E-state index < -0.39 is 0 Å². The second kappa shape index (κ2) is 11.1. The molecule has 0 saturated carbocycles. The highest BCUT2D eigenvalue weighted by Crippen LogP contribution is 2.31. The molecule has 0 amide bonds. The molecule has 5 rings (SSSR count). The van der Waals surface area contributed by atoms with Crippen molar-refractivity contribution in [2.75, 3.05) is 58.1 Å². The molecule has 10 nitrogen and oxygen atoms in total. The molecular weight excluding hydrogens is 455 g/mol. The van der Waals surface area contributed by atoms with E-state index in [0.29, 0.717) is 66.2 Å². The minimum absolute atomic E-state index is 0.144. The topological polar surface area (TPSA) is 95.8 Å². The van der Waals surface area contributed by atoms with Gasteiger partial charge >= 0.3 is 6.01 Å². The Labute approximate surface area is 203 Å². The van der Waals surface area contributed by atoms with E-state index in [9.17, 15) is 4.39 Å². The normalized spacial score (nSPS) is 16.2. The molecule has 4 heterocycles. The summed E-state index contributed by atoms with van der Waals surface area (Å²) in [5, 5.41) is 3.41. The smallest absolute Gasteiger partial charge is 0.320 e. The van der Waals surface area contributed by atoms with E-state index in [4.69, 9.17) is 18.9 Å². The minimum atomic E-state index is -0.332. The molecule has 2 aliphatic heterocycles. The van der Waals surface area contributed by atoms with Crippen LogP contribution in [0, 0.1) is 5.82 Å². The Balaban J connectivity index is 1.41. The van der Waals surface area contributed by atoms with Gasteiger partial charge in [-0.05, 0) is 18.6 Å². The zero-order chi connectivity index (χ0) is 24.0. The highest BCUT2D eigenvalue weighted by atomic mass is 19.1. The van der Waals surface area contributed by atoms with E-state index in [1.54, 1.807) is 6.33 Å². The summed E-state index contributed by atoms with van der Waals surface area (Å²) in [6, 6.07) is 3.23. The lowest BCUT2D eigenvalue weighted by molar-refractivity contribution is -0.0173. The summed E-state index contributed by atoms with van der Waals surface area (Å²) < 4.78 is 38.4. The lowest BCUT2D eigenvalue weighted by Gasteiger charge is -2.26. The number of aromatic nitrogens is 4. The zero-order valence-electron chi connectivity index (χ0n) is 20.0. The third-order valence-corrected chi connectivity index (χ3v) is 6.09. The Bertz CT molecular complexity index is 1150. The molecule has 0 unspecified atom stereocenters. The molecule has 2 aromatic heterocycles. The fraction of sp³-hybridized carbons (Fsp3) is 0.542. The number of anilines is 1. The van der Waals surface area contributed by atoms with Gasteiger partial charge in [0, 0.05) is 37.3 Å².